The van der Waals surface area contributed by atoms with E-state index >= 15 is 0 Å². The number of nitrogens with zero attached hydrogens (tertiary/aromatic N) is 1. The highest BCUT2D eigenvalue weighted by Crippen LogP contribution is 2.38. The Balaban J connectivity index is 1.59. The molecule has 1 fully saturated rings. The Morgan fingerprint density at radius 1 is 1.06 bits per heavy atom. The average Bonchev–Trinajstić information content (AvgIpc) is 3.05. The highest BCUT2D eigenvalue weighted by Gasteiger charge is 2.30. The number of thiocarbonyl (C=S) groups is 1. The Morgan fingerprint density at radius 3 is 2.56 bits per heavy atom. The number of amides is 1. The summed E-state index contributed by atoms with van der Waals surface area (Å²) >= 11 is 8.90. The zero-order valence-corrected chi connectivity index (χ0v) is 21.6. The molecule has 4 nitrogen and oxygen atoms in total. The monoisotopic (exact) mass is 575 g/mol. The number of likely N-dealkylation sites (N-methyl/N-ethyl adjacent to an activating group) is 1. The van der Waals surface area contributed by atoms with Gasteiger partial charge in [0.1, 0.15) is 10.9 Å². The molecule has 1 saturated heterocycles. The predicted octanol–water partition coefficient (Wildman–Crippen LogP) is 6.64. The van der Waals surface area contributed by atoms with Crippen LogP contribution in [0.5, 0.6) is 11.5 Å². The molecule has 0 spiro atoms. The minimum absolute atomic E-state index is 0.0490. The van der Waals surface area contributed by atoms with Gasteiger partial charge in [0.05, 0.1) is 15.1 Å². The summed E-state index contributed by atoms with van der Waals surface area (Å²) in [7, 11) is 0. The average molecular weight is 575 g/mol. The topological polar surface area (TPSA) is 38.8 Å². The second-order valence-corrected chi connectivity index (χ2v) is 10.00. The molecule has 7 heteroatoms. The molecular formula is C25H22INO3S2. The molecule has 0 aliphatic carbocycles. The van der Waals surface area contributed by atoms with Crippen molar-refractivity contribution in [1.82, 2.24) is 4.90 Å². The fourth-order valence-corrected chi connectivity index (χ4v) is 5.65. The molecule has 1 amide bonds. The van der Waals surface area contributed by atoms with Crippen LogP contribution < -0.4 is 9.47 Å². The van der Waals surface area contributed by atoms with Crippen molar-refractivity contribution in [3.8, 4) is 11.5 Å². The number of benzene rings is 3. The van der Waals surface area contributed by atoms with E-state index in [1.807, 2.05) is 44.2 Å². The number of fused-ring (bicyclic) bond motifs is 1. The lowest BCUT2D eigenvalue weighted by Crippen LogP contribution is -2.27. The summed E-state index contributed by atoms with van der Waals surface area (Å²) in [5.41, 5.74) is 1.97. The third-order valence-electron chi connectivity index (χ3n) is 5.02. The maximum Gasteiger partial charge on any atom is 0.266 e. The fraction of sp³-hybridized carbons (Fsp3) is 0.200. The molecule has 164 valence electrons. The molecule has 32 heavy (non-hydrogen) atoms. The minimum atomic E-state index is -0.0490. The molecule has 0 radical (unpaired) electrons. The van der Waals surface area contributed by atoms with Gasteiger partial charge in [-0.2, -0.15) is 0 Å². The fourth-order valence-electron chi connectivity index (χ4n) is 3.48. The molecule has 0 bridgehead atoms. The molecular weight excluding hydrogens is 553 g/mol. The molecule has 0 saturated carbocycles. The van der Waals surface area contributed by atoms with Crippen molar-refractivity contribution in [2.75, 3.05) is 13.2 Å². The first-order valence-electron chi connectivity index (χ1n) is 10.3. The van der Waals surface area contributed by atoms with Crippen molar-refractivity contribution in [2.45, 2.75) is 20.5 Å². The van der Waals surface area contributed by atoms with E-state index in [0.717, 1.165) is 14.7 Å². The van der Waals surface area contributed by atoms with E-state index < -0.39 is 0 Å². The van der Waals surface area contributed by atoms with E-state index in [4.69, 9.17) is 21.7 Å². The van der Waals surface area contributed by atoms with Gasteiger partial charge in [-0.15, -0.1) is 0 Å². The highest BCUT2D eigenvalue weighted by atomic mass is 127. The van der Waals surface area contributed by atoms with Crippen LogP contribution in [-0.4, -0.2) is 28.3 Å². The Bertz CT molecular complexity index is 1230. The summed E-state index contributed by atoms with van der Waals surface area (Å²) in [5, 5.41) is 2.40. The van der Waals surface area contributed by atoms with E-state index in [2.05, 4.69) is 52.9 Å². The normalized spacial score (nSPS) is 15.1. The number of rotatable bonds is 7. The molecule has 1 aliphatic rings. The summed E-state index contributed by atoms with van der Waals surface area (Å²) in [4.78, 5) is 14.8. The summed E-state index contributed by atoms with van der Waals surface area (Å²) in [6.45, 7) is 5.40. The van der Waals surface area contributed by atoms with E-state index in [-0.39, 0.29) is 5.91 Å². The van der Waals surface area contributed by atoms with Crippen LogP contribution >= 0.6 is 46.6 Å². The Kier molecular flexibility index (Phi) is 7.37. The molecule has 0 N–H and O–H groups in total. The summed E-state index contributed by atoms with van der Waals surface area (Å²) in [5.74, 6) is 1.32. The summed E-state index contributed by atoms with van der Waals surface area (Å²) in [6.07, 6.45) is 1.87. The van der Waals surface area contributed by atoms with Crippen LogP contribution in [0.3, 0.4) is 0 Å². The van der Waals surface area contributed by atoms with Crippen LogP contribution in [0.4, 0.5) is 0 Å². The Hall–Kier alpha value is -2.10. The van der Waals surface area contributed by atoms with Crippen molar-refractivity contribution < 1.29 is 14.3 Å². The van der Waals surface area contributed by atoms with Crippen molar-refractivity contribution in [3.63, 3.8) is 0 Å². The number of carbonyl (C=O) groups excluding carboxylic acids is 1. The smallest absolute Gasteiger partial charge is 0.266 e. The number of hydrogen-bond acceptors (Lipinski definition) is 5. The SMILES string of the molecule is CCOc1cc(/C=C2\SC(=S)N(CC)C2=O)cc(I)c1OCc1ccc2ccccc2c1. The Labute approximate surface area is 211 Å². The van der Waals surface area contributed by atoms with Gasteiger partial charge in [-0.3, -0.25) is 9.69 Å². The first-order chi connectivity index (χ1) is 15.5. The van der Waals surface area contributed by atoms with Gasteiger partial charge in [-0.05, 0) is 82.6 Å². The Morgan fingerprint density at radius 2 is 1.84 bits per heavy atom. The maximum atomic E-state index is 12.6. The third kappa shape index (κ3) is 4.94. The number of hydrogen-bond donors (Lipinski definition) is 0. The number of thioether (sulfide) groups is 1. The molecule has 3 aromatic rings. The maximum absolute atomic E-state index is 12.6. The second-order valence-electron chi connectivity index (χ2n) is 7.16. The molecule has 0 atom stereocenters. The summed E-state index contributed by atoms with van der Waals surface area (Å²) < 4.78 is 13.6. The standard InChI is InChI=1S/C25H22INO3S2/c1-3-27-24(28)22(32-25(27)31)14-17-12-20(26)23(21(13-17)29-4-2)30-15-16-9-10-18-7-5-6-8-19(18)11-16/h5-14H,3-4,15H2,1-2H3/b22-14-. The zero-order chi connectivity index (χ0) is 22.7. The minimum Gasteiger partial charge on any atom is -0.490 e. The number of carbonyl (C=O) groups is 1. The van der Waals surface area contributed by atoms with E-state index in [0.29, 0.717) is 40.5 Å². The predicted molar refractivity (Wildman–Crippen MR) is 144 cm³/mol. The van der Waals surface area contributed by atoms with Crippen LogP contribution in [0.2, 0.25) is 0 Å². The molecule has 3 aromatic carbocycles. The largest absolute Gasteiger partial charge is 0.490 e. The summed E-state index contributed by atoms with van der Waals surface area (Å²) in [6, 6.07) is 18.5. The van der Waals surface area contributed by atoms with Crippen molar-refractivity contribution in [2.24, 2.45) is 0 Å². The zero-order valence-electron chi connectivity index (χ0n) is 17.8. The van der Waals surface area contributed by atoms with Crippen molar-refractivity contribution >= 4 is 73.6 Å². The number of ether oxygens (including phenoxy) is 2. The third-order valence-corrected chi connectivity index (χ3v) is 7.20. The van der Waals surface area contributed by atoms with Crippen LogP contribution in [0.25, 0.3) is 16.8 Å². The van der Waals surface area contributed by atoms with Gasteiger partial charge in [0.15, 0.2) is 11.5 Å². The molecule has 0 unspecified atom stereocenters. The van der Waals surface area contributed by atoms with Crippen LogP contribution in [0, 0.1) is 3.57 Å². The van der Waals surface area contributed by atoms with E-state index in [9.17, 15) is 4.79 Å². The highest BCUT2D eigenvalue weighted by molar-refractivity contribution is 14.1. The van der Waals surface area contributed by atoms with Crippen molar-refractivity contribution in [3.05, 3.63) is 74.2 Å². The molecule has 1 aliphatic heterocycles. The first kappa shape index (κ1) is 23.1. The quantitative estimate of drug-likeness (QED) is 0.179. The van der Waals surface area contributed by atoms with Crippen LogP contribution in [-0.2, 0) is 11.4 Å². The van der Waals surface area contributed by atoms with Gasteiger partial charge in [-0.1, -0.05) is 60.4 Å². The van der Waals surface area contributed by atoms with Gasteiger partial charge >= 0.3 is 0 Å². The lowest BCUT2D eigenvalue weighted by atomic mass is 10.1. The van der Waals surface area contributed by atoms with Crippen LogP contribution in [0.1, 0.15) is 25.0 Å². The first-order valence-corrected chi connectivity index (χ1v) is 12.6. The lowest BCUT2D eigenvalue weighted by Gasteiger charge is -2.15. The van der Waals surface area contributed by atoms with Crippen LogP contribution in [0.15, 0.2) is 59.5 Å². The molecule has 4 rings (SSSR count). The molecule has 0 aromatic heterocycles. The van der Waals surface area contributed by atoms with Gasteiger partial charge in [0.25, 0.3) is 5.91 Å². The van der Waals surface area contributed by atoms with Crippen molar-refractivity contribution in [1.29, 1.82) is 0 Å². The second kappa shape index (κ2) is 10.2. The van der Waals surface area contributed by atoms with Gasteiger partial charge < -0.3 is 9.47 Å². The van der Waals surface area contributed by atoms with E-state index in [1.165, 1.54) is 22.5 Å². The van der Waals surface area contributed by atoms with Gasteiger partial charge in [0, 0.05) is 6.54 Å². The number of halogens is 1. The van der Waals surface area contributed by atoms with Gasteiger partial charge in [-0.25, -0.2) is 0 Å². The van der Waals surface area contributed by atoms with Gasteiger partial charge in [0.2, 0.25) is 0 Å². The van der Waals surface area contributed by atoms with E-state index in [1.54, 1.807) is 4.90 Å². The lowest BCUT2D eigenvalue weighted by molar-refractivity contribution is -0.121. The molecule has 1 heterocycles.